The first-order chi connectivity index (χ1) is 16.9. The largest absolute Gasteiger partial charge is 0.481 e. The highest BCUT2D eigenvalue weighted by molar-refractivity contribution is 7.90. The Bertz CT molecular complexity index is 1350. The quantitative estimate of drug-likeness (QED) is 0.436. The zero-order valence-corrected chi connectivity index (χ0v) is 22.0. The summed E-state index contributed by atoms with van der Waals surface area (Å²) in [6.45, 7) is 7.74. The minimum absolute atomic E-state index is 0.124. The Balaban J connectivity index is 1.94. The number of carbonyl (C=O) groups excluding carboxylic acids is 1. The van der Waals surface area contributed by atoms with Gasteiger partial charge in [-0.05, 0) is 66.3 Å². The van der Waals surface area contributed by atoms with Gasteiger partial charge < -0.3 is 9.47 Å². The number of nitrogens with zero attached hydrogens (tertiary/aromatic N) is 3. The Morgan fingerprint density at radius 2 is 1.92 bits per heavy atom. The molecule has 3 rings (SSSR count). The number of ether oxygens (including phenoxy) is 2. The number of halogens is 1. The van der Waals surface area contributed by atoms with Crippen LogP contribution in [0.2, 0.25) is 0 Å². The molecule has 0 bridgehead atoms. The molecule has 0 aliphatic rings. The number of hydrogen-bond acceptors (Lipinski definition) is 7. The first-order valence-corrected chi connectivity index (χ1v) is 12.8. The maximum absolute atomic E-state index is 14.6. The number of pyridine rings is 1. The van der Waals surface area contributed by atoms with Gasteiger partial charge in [-0.3, -0.25) is 9.48 Å². The van der Waals surface area contributed by atoms with Gasteiger partial charge in [0, 0.05) is 25.6 Å². The molecule has 3 aromatic rings. The molecule has 0 atom stereocenters. The summed E-state index contributed by atoms with van der Waals surface area (Å²) in [6, 6.07) is 7.30. The van der Waals surface area contributed by atoms with E-state index in [0.717, 1.165) is 0 Å². The maximum atomic E-state index is 14.6. The highest BCUT2D eigenvalue weighted by atomic mass is 32.2. The number of sulfonamides is 1. The molecule has 194 valence electrons. The third kappa shape index (κ3) is 6.08. The summed E-state index contributed by atoms with van der Waals surface area (Å²) >= 11 is 0. The maximum Gasteiger partial charge on any atom is 0.283 e. The molecule has 0 spiro atoms. The predicted octanol–water partition coefficient (Wildman–Crippen LogP) is 3.65. The number of methoxy groups -OCH3 is 2. The summed E-state index contributed by atoms with van der Waals surface area (Å²) in [6.07, 6.45) is 2.75. The molecule has 0 fully saturated rings. The lowest BCUT2D eigenvalue weighted by Crippen LogP contribution is -2.34. The Kier molecular flexibility index (Phi) is 8.15. The van der Waals surface area contributed by atoms with Crippen molar-refractivity contribution in [1.82, 2.24) is 19.5 Å². The van der Waals surface area contributed by atoms with Crippen molar-refractivity contribution in [3.63, 3.8) is 0 Å². The van der Waals surface area contributed by atoms with Gasteiger partial charge in [-0.2, -0.15) is 13.5 Å². The van der Waals surface area contributed by atoms with Gasteiger partial charge in [0.15, 0.2) is 5.03 Å². The van der Waals surface area contributed by atoms with Crippen LogP contribution in [-0.2, 0) is 31.5 Å². The van der Waals surface area contributed by atoms with Gasteiger partial charge in [0.1, 0.15) is 5.82 Å². The zero-order chi connectivity index (χ0) is 26.7. The van der Waals surface area contributed by atoms with E-state index in [0.29, 0.717) is 34.7 Å². The monoisotopic (exact) mass is 518 g/mol. The van der Waals surface area contributed by atoms with Crippen LogP contribution >= 0.6 is 0 Å². The van der Waals surface area contributed by atoms with Crippen molar-refractivity contribution in [2.45, 2.75) is 50.6 Å². The second-order valence-corrected chi connectivity index (χ2v) is 10.9. The molecule has 1 aromatic carbocycles. The topological polar surface area (TPSA) is 112 Å². The van der Waals surface area contributed by atoms with Crippen LogP contribution in [0.5, 0.6) is 5.88 Å². The van der Waals surface area contributed by atoms with Gasteiger partial charge in [0.25, 0.3) is 10.0 Å². The molecule has 0 radical (unpaired) electrons. The fourth-order valence-electron chi connectivity index (χ4n) is 3.92. The molecule has 36 heavy (non-hydrogen) atoms. The van der Waals surface area contributed by atoms with Gasteiger partial charge in [0.05, 0.1) is 25.7 Å². The standard InChI is InChI=1S/C25H31FN4O5S/c1-16(2)19-12-18(26)13-20(17-7-9-27-23(11-17)35-6)21(19)14-22(31)29-36(32,33)24-8-10-30(28-24)25(3,4)15-34-5/h7-13,16H,14-15H2,1-6H3,(H,29,31). The van der Waals surface area contributed by atoms with E-state index in [-0.39, 0.29) is 17.4 Å². The molecule has 0 aliphatic carbocycles. The number of benzene rings is 1. The number of hydrogen-bond donors (Lipinski definition) is 1. The van der Waals surface area contributed by atoms with Crippen LogP contribution in [0.4, 0.5) is 4.39 Å². The number of nitrogens with one attached hydrogen (secondary N) is 1. The minimum atomic E-state index is -4.24. The number of rotatable bonds is 10. The van der Waals surface area contributed by atoms with Crippen LogP contribution in [-0.4, -0.2) is 49.9 Å². The molecular weight excluding hydrogens is 487 g/mol. The van der Waals surface area contributed by atoms with Crippen molar-refractivity contribution in [1.29, 1.82) is 0 Å². The first-order valence-electron chi connectivity index (χ1n) is 11.3. The van der Waals surface area contributed by atoms with E-state index in [1.165, 1.54) is 42.4 Å². The van der Waals surface area contributed by atoms with Crippen LogP contribution in [0.25, 0.3) is 11.1 Å². The molecule has 1 N–H and O–H groups in total. The lowest BCUT2D eigenvalue weighted by atomic mass is 9.88. The van der Waals surface area contributed by atoms with Gasteiger partial charge in [-0.1, -0.05) is 13.8 Å². The molecule has 2 aromatic heterocycles. The predicted molar refractivity (Wildman–Crippen MR) is 133 cm³/mol. The summed E-state index contributed by atoms with van der Waals surface area (Å²) < 4.78 is 54.3. The van der Waals surface area contributed by atoms with Gasteiger partial charge in [0.2, 0.25) is 11.8 Å². The molecule has 2 heterocycles. The van der Waals surface area contributed by atoms with Crippen LogP contribution in [0, 0.1) is 5.82 Å². The van der Waals surface area contributed by atoms with E-state index >= 15 is 0 Å². The van der Waals surface area contributed by atoms with E-state index in [1.54, 1.807) is 19.2 Å². The Morgan fingerprint density at radius 3 is 2.56 bits per heavy atom. The van der Waals surface area contributed by atoms with Crippen LogP contribution in [0.15, 0.2) is 47.8 Å². The van der Waals surface area contributed by atoms with Crippen molar-refractivity contribution in [3.05, 3.63) is 59.7 Å². The number of amides is 1. The van der Waals surface area contributed by atoms with E-state index in [4.69, 9.17) is 9.47 Å². The normalized spacial score (nSPS) is 12.1. The fourth-order valence-corrected chi connectivity index (χ4v) is 4.83. The van der Waals surface area contributed by atoms with Crippen molar-refractivity contribution >= 4 is 15.9 Å². The molecule has 0 unspecified atom stereocenters. The summed E-state index contributed by atoms with van der Waals surface area (Å²) in [5.74, 6) is -1.03. The van der Waals surface area contributed by atoms with Gasteiger partial charge in [-0.15, -0.1) is 0 Å². The van der Waals surface area contributed by atoms with E-state index in [2.05, 4.69) is 14.8 Å². The van der Waals surface area contributed by atoms with Crippen molar-refractivity contribution < 1.29 is 27.1 Å². The summed E-state index contributed by atoms with van der Waals surface area (Å²) in [4.78, 5) is 17.1. The Morgan fingerprint density at radius 1 is 1.19 bits per heavy atom. The highest BCUT2D eigenvalue weighted by Gasteiger charge is 2.27. The van der Waals surface area contributed by atoms with Crippen molar-refractivity contribution in [2.75, 3.05) is 20.8 Å². The molecular formula is C25H31FN4O5S. The zero-order valence-electron chi connectivity index (χ0n) is 21.2. The van der Waals surface area contributed by atoms with E-state index < -0.39 is 27.3 Å². The molecule has 0 saturated carbocycles. The van der Waals surface area contributed by atoms with E-state index in [1.807, 2.05) is 27.7 Å². The summed E-state index contributed by atoms with van der Waals surface area (Å²) in [5.41, 5.74) is 1.57. The SMILES string of the molecule is COCC(C)(C)n1ccc(S(=O)(=O)NC(=O)Cc2c(-c3ccnc(OC)c3)cc(F)cc2C(C)C)n1. The molecule has 11 heteroatoms. The average Bonchev–Trinajstić information content (AvgIpc) is 3.32. The van der Waals surface area contributed by atoms with Crippen LogP contribution in [0.3, 0.4) is 0 Å². The Hall–Kier alpha value is -3.31. The lowest BCUT2D eigenvalue weighted by molar-refractivity contribution is -0.118. The first kappa shape index (κ1) is 27.3. The third-order valence-corrected chi connectivity index (χ3v) is 6.93. The van der Waals surface area contributed by atoms with Gasteiger partial charge in [-0.25, -0.2) is 14.1 Å². The molecule has 0 aliphatic heterocycles. The van der Waals surface area contributed by atoms with Crippen LogP contribution < -0.4 is 9.46 Å². The summed E-state index contributed by atoms with van der Waals surface area (Å²) in [5, 5.41) is 3.85. The second-order valence-electron chi connectivity index (χ2n) is 9.31. The molecule has 0 saturated heterocycles. The fraction of sp³-hybridized carbons (Fsp3) is 0.400. The molecule has 1 amide bonds. The van der Waals surface area contributed by atoms with Crippen molar-refractivity contribution in [3.8, 4) is 17.0 Å². The van der Waals surface area contributed by atoms with Crippen LogP contribution in [0.1, 0.15) is 44.7 Å². The van der Waals surface area contributed by atoms with Gasteiger partial charge >= 0.3 is 0 Å². The number of aromatic nitrogens is 3. The lowest BCUT2D eigenvalue weighted by Gasteiger charge is -2.24. The average molecular weight is 519 g/mol. The second kappa shape index (κ2) is 10.8. The summed E-state index contributed by atoms with van der Waals surface area (Å²) in [7, 11) is -1.23. The number of carbonyl (C=O) groups is 1. The smallest absolute Gasteiger partial charge is 0.283 e. The Labute approximate surface area is 210 Å². The highest BCUT2D eigenvalue weighted by Crippen LogP contribution is 2.33. The van der Waals surface area contributed by atoms with E-state index in [9.17, 15) is 17.6 Å². The third-order valence-electron chi connectivity index (χ3n) is 5.67. The minimum Gasteiger partial charge on any atom is -0.481 e. The molecule has 9 nitrogen and oxygen atoms in total. The van der Waals surface area contributed by atoms with Crippen molar-refractivity contribution in [2.24, 2.45) is 0 Å².